The molecule has 0 aromatic carbocycles. The highest BCUT2D eigenvalue weighted by Gasteiger charge is 2.28. The summed E-state index contributed by atoms with van der Waals surface area (Å²) in [5, 5.41) is 0. The molecule has 2 rings (SSSR count). The lowest BCUT2D eigenvalue weighted by atomic mass is 9.99. The zero-order valence-electron chi connectivity index (χ0n) is 9.61. The van der Waals surface area contributed by atoms with Gasteiger partial charge in [-0.25, -0.2) is 0 Å². The van der Waals surface area contributed by atoms with Crippen molar-refractivity contribution in [3.05, 3.63) is 29.6 Å². The minimum atomic E-state index is 0.0108. The van der Waals surface area contributed by atoms with Gasteiger partial charge in [-0.1, -0.05) is 6.07 Å². The van der Waals surface area contributed by atoms with Crippen molar-refractivity contribution in [1.82, 2.24) is 4.98 Å². The smallest absolute Gasteiger partial charge is 0.144 e. The number of aryl methyl sites for hydroxylation is 1. The van der Waals surface area contributed by atoms with Crippen LogP contribution in [-0.2, 0) is 16.0 Å². The van der Waals surface area contributed by atoms with Crippen LogP contribution in [0.4, 0.5) is 0 Å². The molecule has 16 heavy (non-hydrogen) atoms. The second-order valence-corrected chi connectivity index (χ2v) is 4.05. The third-order valence-electron chi connectivity index (χ3n) is 3.04. The lowest BCUT2D eigenvalue weighted by Crippen LogP contribution is -2.13. The molecule has 0 amide bonds. The van der Waals surface area contributed by atoms with Crippen LogP contribution in [0.3, 0.4) is 0 Å². The minimum absolute atomic E-state index is 0.0108. The van der Waals surface area contributed by atoms with Crippen molar-refractivity contribution >= 4 is 5.78 Å². The average molecular weight is 219 g/mol. The predicted octanol–water partition coefficient (Wildman–Crippen LogP) is 2.11. The van der Waals surface area contributed by atoms with Gasteiger partial charge in [0, 0.05) is 19.2 Å². The van der Waals surface area contributed by atoms with Gasteiger partial charge in [-0.15, -0.1) is 0 Å². The largest absolute Gasteiger partial charge is 0.381 e. The van der Waals surface area contributed by atoms with Crippen molar-refractivity contribution in [2.24, 2.45) is 0 Å². The Labute approximate surface area is 95.8 Å². The molecule has 1 aliphatic rings. The molecule has 0 bridgehead atoms. The van der Waals surface area contributed by atoms with Gasteiger partial charge in [-0.3, -0.25) is 9.78 Å². The molecule has 0 radical (unpaired) electrons. The van der Waals surface area contributed by atoms with Gasteiger partial charge in [0.2, 0.25) is 0 Å². The van der Waals surface area contributed by atoms with Gasteiger partial charge in [0.1, 0.15) is 5.78 Å². The van der Waals surface area contributed by atoms with E-state index < -0.39 is 0 Å². The molecule has 0 N–H and O–H groups in total. The van der Waals surface area contributed by atoms with Crippen LogP contribution in [0.2, 0.25) is 0 Å². The molecule has 86 valence electrons. The van der Waals surface area contributed by atoms with E-state index in [9.17, 15) is 4.79 Å². The first kappa shape index (κ1) is 11.3. The zero-order chi connectivity index (χ0) is 11.4. The number of fused-ring (bicyclic) bond motifs is 1. The molecule has 1 aromatic heterocycles. The summed E-state index contributed by atoms with van der Waals surface area (Å²) in [4.78, 5) is 16.3. The number of nitrogens with zero attached hydrogens (tertiary/aromatic N) is 1. The van der Waals surface area contributed by atoms with Crippen LogP contribution in [0.25, 0.3) is 0 Å². The topological polar surface area (TPSA) is 39.2 Å². The first-order chi connectivity index (χ1) is 7.83. The highest BCUT2D eigenvalue weighted by atomic mass is 16.5. The van der Waals surface area contributed by atoms with E-state index in [0.717, 1.165) is 18.5 Å². The fourth-order valence-corrected chi connectivity index (χ4v) is 2.22. The Balaban J connectivity index is 1.99. The van der Waals surface area contributed by atoms with Gasteiger partial charge in [-0.05, 0) is 31.4 Å². The van der Waals surface area contributed by atoms with Crippen LogP contribution in [0.5, 0.6) is 0 Å². The van der Waals surface area contributed by atoms with Crippen LogP contribution in [-0.4, -0.2) is 24.0 Å². The van der Waals surface area contributed by atoms with Gasteiger partial charge >= 0.3 is 0 Å². The van der Waals surface area contributed by atoms with Gasteiger partial charge in [0.25, 0.3) is 0 Å². The molecule has 1 heterocycles. The maximum absolute atomic E-state index is 12.0. The standard InChI is InChI=1S/C13H17NO2/c1-2-16-9-7-12(15)11-6-5-10-4-3-8-14-13(10)11/h3-4,8,11H,2,5-7,9H2,1H3. The summed E-state index contributed by atoms with van der Waals surface area (Å²) in [5.74, 6) is 0.280. The van der Waals surface area contributed by atoms with Crippen molar-refractivity contribution < 1.29 is 9.53 Å². The summed E-state index contributed by atoms with van der Waals surface area (Å²) in [6.45, 7) is 3.15. The minimum Gasteiger partial charge on any atom is -0.381 e. The summed E-state index contributed by atoms with van der Waals surface area (Å²) < 4.78 is 5.21. The molecule has 0 aliphatic heterocycles. The fourth-order valence-electron chi connectivity index (χ4n) is 2.22. The van der Waals surface area contributed by atoms with Gasteiger partial charge < -0.3 is 4.74 Å². The van der Waals surface area contributed by atoms with E-state index in [2.05, 4.69) is 11.1 Å². The third-order valence-corrected chi connectivity index (χ3v) is 3.04. The Morgan fingerprint density at radius 1 is 1.62 bits per heavy atom. The van der Waals surface area contributed by atoms with E-state index in [1.54, 1.807) is 6.20 Å². The van der Waals surface area contributed by atoms with Crippen LogP contribution in [0.15, 0.2) is 18.3 Å². The molecule has 1 unspecified atom stereocenters. The van der Waals surface area contributed by atoms with Crippen LogP contribution >= 0.6 is 0 Å². The van der Waals surface area contributed by atoms with E-state index in [1.807, 2.05) is 13.0 Å². The second-order valence-electron chi connectivity index (χ2n) is 4.05. The fraction of sp³-hybridized carbons (Fsp3) is 0.538. The summed E-state index contributed by atoms with van der Waals surface area (Å²) >= 11 is 0. The van der Waals surface area contributed by atoms with E-state index in [0.29, 0.717) is 19.6 Å². The van der Waals surface area contributed by atoms with Crippen molar-refractivity contribution in [1.29, 1.82) is 0 Å². The number of hydrogen-bond acceptors (Lipinski definition) is 3. The first-order valence-electron chi connectivity index (χ1n) is 5.87. The maximum Gasteiger partial charge on any atom is 0.144 e. The molecule has 1 aliphatic carbocycles. The Bertz CT molecular complexity index is 376. The van der Waals surface area contributed by atoms with E-state index in [4.69, 9.17) is 4.74 Å². The Hall–Kier alpha value is -1.22. The van der Waals surface area contributed by atoms with Gasteiger partial charge in [-0.2, -0.15) is 0 Å². The van der Waals surface area contributed by atoms with Crippen molar-refractivity contribution in [2.75, 3.05) is 13.2 Å². The third kappa shape index (κ3) is 2.30. The molecule has 1 aromatic rings. The van der Waals surface area contributed by atoms with Crippen LogP contribution in [0.1, 0.15) is 36.9 Å². The Morgan fingerprint density at radius 2 is 2.50 bits per heavy atom. The van der Waals surface area contributed by atoms with Gasteiger partial charge in [0.05, 0.1) is 18.2 Å². The van der Waals surface area contributed by atoms with E-state index in [-0.39, 0.29) is 11.7 Å². The number of pyridine rings is 1. The number of hydrogen-bond donors (Lipinski definition) is 0. The number of Topliss-reactive ketones (excluding diaryl/α,β-unsaturated/α-hetero) is 1. The summed E-state index contributed by atoms with van der Waals surface area (Å²) in [6, 6.07) is 4.00. The highest BCUT2D eigenvalue weighted by molar-refractivity contribution is 5.86. The first-order valence-corrected chi connectivity index (χ1v) is 5.87. The SMILES string of the molecule is CCOCCC(=O)C1CCc2cccnc21. The number of rotatable bonds is 5. The average Bonchev–Trinajstić information content (AvgIpc) is 2.73. The summed E-state index contributed by atoms with van der Waals surface area (Å²) in [5.41, 5.74) is 2.22. The number of aromatic nitrogens is 1. The highest BCUT2D eigenvalue weighted by Crippen LogP contribution is 2.32. The van der Waals surface area contributed by atoms with Crippen LogP contribution < -0.4 is 0 Å². The number of ether oxygens (including phenoxy) is 1. The van der Waals surface area contributed by atoms with Crippen molar-refractivity contribution in [3.63, 3.8) is 0 Å². The molecule has 0 saturated heterocycles. The molecule has 0 spiro atoms. The van der Waals surface area contributed by atoms with Crippen LogP contribution in [0, 0.1) is 0 Å². The molecule has 3 heteroatoms. The Kier molecular flexibility index (Phi) is 3.67. The van der Waals surface area contributed by atoms with E-state index >= 15 is 0 Å². The van der Waals surface area contributed by atoms with Crippen molar-refractivity contribution in [3.8, 4) is 0 Å². The predicted molar refractivity (Wildman–Crippen MR) is 61.4 cm³/mol. The van der Waals surface area contributed by atoms with E-state index in [1.165, 1.54) is 5.56 Å². The molecular weight excluding hydrogens is 202 g/mol. The monoisotopic (exact) mass is 219 g/mol. The molecule has 0 saturated carbocycles. The zero-order valence-corrected chi connectivity index (χ0v) is 9.61. The Morgan fingerprint density at radius 3 is 3.31 bits per heavy atom. The maximum atomic E-state index is 12.0. The summed E-state index contributed by atoms with van der Waals surface area (Å²) in [6.07, 6.45) is 4.17. The normalized spacial score (nSPS) is 18.4. The number of ketones is 1. The number of carbonyl (C=O) groups excluding carboxylic acids is 1. The second kappa shape index (κ2) is 5.21. The number of carbonyl (C=O) groups is 1. The lowest BCUT2D eigenvalue weighted by Gasteiger charge is -2.09. The molecule has 0 fully saturated rings. The molecule has 3 nitrogen and oxygen atoms in total. The quantitative estimate of drug-likeness (QED) is 0.712. The molecular formula is C13H17NO2. The van der Waals surface area contributed by atoms with Crippen molar-refractivity contribution in [2.45, 2.75) is 32.1 Å². The van der Waals surface area contributed by atoms with Gasteiger partial charge in [0.15, 0.2) is 0 Å². The lowest BCUT2D eigenvalue weighted by molar-refractivity contribution is -0.121. The summed E-state index contributed by atoms with van der Waals surface area (Å²) in [7, 11) is 0. The molecule has 1 atom stereocenters.